The van der Waals surface area contributed by atoms with Crippen LogP contribution in [0.3, 0.4) is 0 Å². The van der Waals surface area contributed by atoms with Crippen molar-refractivity contribution in [3.63, 3.8) is 0 Å². The molecule has 1 aliphatic rings. The number of nitrogens with zero attached hydrogens (tertiary/aromatic N) is 3. The summed E-state index contributed by atoms with van der Waals surface area (Å²) in [6, 6.07) is 18.4. The molecule has 0 radical (unpaired) electrons. The third kappa shape index (κ3) is 4.96. The summed E-state index contributed by atoms with van der Waals surface area (Å²) in [4.78, 5) is 22.1. The number of imidazole rings is 1. The number of nitrogens with one attached hydrogen (secondary N) is 1. The molecule has 4 aromatic rings. The van der Waals surface area contributed by atoms with Crippen molar-refractivity contribution in [3.8, 4) is 22.5 Å². The van der Waals surface area contributed by atoms with E-state index in [-0.39, 0.29) is 5.91 Å². The number of carbonyl (C=O) groups excluding carboxylic acids is 1. The maximum absolute atomic E-state index is 12.4. The fourth-order valence-electron chi connectivity index (χ4n) is 3.70. The molecule has 0 bridgehead atoms. The van der Waals surface area contributed by atoms with E-state index in [0.29, 0.717) is 17.5 Å². The maximum atomic E-state index is 12.4. The first kappa shape index (κ1) is 21.7. The molecule has 0 spiro atoms. The van der Waals surface area contributed by atoms with Crippen molar-refractivity contribution in [2.45, 2.75) is 44.2 Å². The Balaban J connectivity index is 1.51. The lowest BCUT2D eigenvalue weighted by molar-refractivity contribution is 0.0951. The summed E-state index contributed by atoms with van der Waals surface area (Å²) >= 11 is 1.77. The minimum Gasteiger partial charge on any atom is -0.349 e. The van der Waals surface area contributed by atoms with Crippen molar-refractivity contribution in [2.24, 2.45) is 5.92 Å². The van der Waals surface area contributed by atoms with Crippen molar-refractivity contribution in [2.75, 3.05) is 5.75 Å². The van der Waals surface area contributed by atoms with Crippen LogP contribution in [0.5, 0.6) is 0 Å². The largest absolute Gasteiger partial charge is 0.349 e. The molecule has 168 valence electrons. The number of hydrogen-bond acceptors (Lipinski definition) is 4. The average Bonchev–Trinajstić information content (AvgIpc) is 3.54. The molecule has 5 rings (SSSR count). The van der Waals surface area contributed by atoms with Crippen LogP contribution in [0.1, 0.15) is 43.5 Å². The van der Waals surface area contributed by atoms with E-state index in [9.17, 15) is 4.79 Å². The number of rotatable bonds is 8. The molecular weight excluding hydrogens is 428 g/mol. The summed E-state index contributed by atoms with van der Waals surface area (Å²) in [5.41, 5.74) is 5.58. The van der Waals surface area contributed by atoms with Gasteiger partial charge in [0.1, 0.15) is 5.03 Å². The predicted molar refractivity (Wildman–Crippen MR) is 135 cm³/mol. The zero-order chi connectivity index (χ0) is 22.8. The van der Waals surface area contributed by atoms with Crippen LogP contribution in [0.2, 0.25) is 0 Å². The van der Waals surface area contributed by atoms with Crippen molar-refractivity contribution in [1.29, 1.82) is 0 Å². The van der Waals surface area contributed by atoms with E-state index in [1.165, 1.54) is 0 Å². The second kappa shape index (κ2) is 9.40. The topological polar surface area (TPSA) is 59.3 Å². The number of fused-ring (bicyclic) bond motifs is 1. The van der Waals surface area contributed by atoms with Crippen LogP contribution in [0, 0.1) is 5.92 Å². The molecule has 1 fully saturated rings. The number of amides is 1. The molecule has 0 aliphatic heterocycles. The first-order valence-corrected chi connectivity index (χ1v) is 12.5. The molecule has 2 aromatic carbocycles. The van der Waals surface area contributed by atoms with Crippen LogP contribution in [-0.2, 0) is 0 Å². The Bertz CT molecular complexity index is 1260. The van der Waals surface area contributed by atoms with Crippen LogP contribution >= 0.6 is 11.8 Å². The van der Waals surface area contributed by atoms with E-state index in [2.05, 4.69) is 41.9 Å². The van der Waals surface area contributed by atoms with Crippen LogP contribution in [0.25, 0.3) is 28.2 Å². The van der Waals surface area contributed by atoms with Gasteiger partial charge in [0, 0.05) is 28.9 Å². The minimum atomic E-state index is 0.00148. The molecule has 6 heteroatoms. The van der Waals surface area contributed by atoms with Gasteiger partial charge >= 0.3 is 0 Å². The van der Waals surface area contributed by atoms with Crippen molar-refractivity contribution in [3.05, 3.63) is 72.6 Å². The maximum Gasteiger partial charge on any atom is 0.251 e. The molecule has 0 saturated heterocycles. The Morgan fingerprint density at radius 1 is 1.09 bits per heavy atom. The summed E-state index contributed by atoms with van der Waals surface area (Å²) in [7, 11) is 0. The zero-order valence-corrected chi connectivity index (χ0v) is 19.8. The second-order valence-electron chi connectivity index (χ2n) is 8.99. The summed E-state index contributed by atoms with van der Waals surface area (Å²) in [5.74, 6) is 1.66. The van der Waals surface area contributed by atoms with E-state index in [0.717, 1.165) is 58.2 Å². The number of aromatic nitrogens is 3. The summed E-state index contributed by atoms with van der Waals surface area (Å²) in [6.07, 6.45) is 7.26. The Hall–Kier alpha value is -3.12. The summed E-state index contributed by atoms with van der Waals surface area (Å²) in [5, 5.41) is 3.99. The van der Waals surface area contributed by atoms with Gasteiger partial charge in [-0.15, -0.1) is 11.8 Å². The van der Waals surface area contributed by atoms with Crippen LogP contribution in [0.15, 0.2) is 72.0 Å². The normalized spacial score (nSPS) is 13.5. The van der Waals surface area contributed by atoms with Crippen molar-refractivity contribution in [1.82, 2.24) is 19.7 Å². The fourth-order valence-corrected chi connectivity index (χ4v) is 4.92. The molecule has 0 unspecified atom stereocenters. The standard InChI is InChI=1S/C27H28N4OS/c1-18(2)14-15-33-27-25-28-16-24(31(25)17-23(30-27)19-6-4-3-5-7-19)20-8-10-21(11-9-20)26(32)29-22-12-13-22/h3-11,16-18,22H,12-15H2,1-2H3,(H,29,32). The van der Waals surface area contributed by atoms with Crippen molar-refractivity contribution >= 4 is 23.3 Å². The molecule has 2 aromatic heterocycles. The minimum absolute atomic E-state index is 0.00148. The lowest BCUT2D eigenvalue weighted by Crippen LogP contribution is -2.25. The van der Waals surface area contributed by atoms with Gasteiger partial charge in [0.2, 0.25) is 0 Å². The van der Waals surface area contributed by atoms with Gasteiger partial charge < -0.3 is 5.32 Å². The summed E-state index contributed by atoms with van der Waals surface area (Å²) in [6.45, 7) is 4.48. The molecule has 5 nitrogen and oxygen atoms in total. The number of hydrogen-bond donors (Lipinski definition) is 1. The van der Waals surface area contributed by atoms with Gasteiger partial charge in [-0.3, -0.25) is 9.20 Å². The van der Waals surface area contributed by atoms with Gasteiger partial charge in [0.15, 0.2) is 5.65 Å². The van der Waals surface area contributed by atoms with Gasteiger partial charge in [0.25, 0.3) is 5.91 Å². The molecule has 1 amide bonds. The number of carbonyl (C=O) groups is 1. The van der Waals surface area contributed by atoms with Gasteiger partial charge in [-0.05, 0) is 43.1 Å². The Morgan fingerprint density at radius 2 is 1.85 bits per heavy atom. The highest BCUT2D eigenvalue weighted by Crippen LogP contribution is 2.31. The molecule has 33 heavy (non-hydrogen) atoms. The predicted octanol–water partition coefficient (Wildman–Crippen LogP) is 6.09. The molecule has 2 heterocycles. The van der Waals surface area contributed by atoms with Crippen LogP contribution < -0.4 is 5.32 Å². The van der Waals surface area contributed by atoms with Gasteiger partial charge in [-0.2, -0.15) is 0 Å². The SMILES string of the molecule is CC(C)CCSc1nc(-c2ccccc2)cn2c(-c3ccc(C(=O)NC4CC4)cc3)cnc12. The fraction of sp³-hybridized carbons (Fsp3) is 0.296. The molecular formula is C27H28N4OS. The quantitative estimate of drug-likeness (QED) is 0.326. The van der Waals surface area contributed by atoms with Crippen molar-refractivity contribution < 1.29 is 4.79 Å². The summed E-state index contributed by atoms with van der Waals surface area (Å²) < 4.78 is 2.13. The number of benzene rings is 2. The number of thioether (sulfide) groups is 1. The van der Waals surface area contributed by atoms with E-state index in [4.69, 9.17) is 9.97 Å². The second-order valence-corrected chi connectivity index (χ2v) is 10.1. The molecule has 1 saturated carbocycles. The lowest BCUT2D eigenvalue weighted by Gasteiger charge is -2.10. The van der Waals surface area contributed by atoms with Gasteiger partial charge in [-0.25, -0.2) is 9.97 Å². The highest BCUT2D eigenvalue weighted by atomic mass is 32.2. The smallest absolute Gasteiger partial charge is 0.251 e. The van der Waals surface area contributed by atoms with E-state index in [1.807, 2.05) is 48.7 Å². The van der Waals surface area contributed by atoms with E-state index >= 15 is 0 Å². The van der Waals surface area contributed by atoms with Gasteiger partial charge in [-0.1, -0.05) is 56.3 Å². The van der Waals surface area contributed by atoms with Gasteiger partial charge in [0.05, 0.1) is 17.6 Å². The first-order chi connectivity index (χ1) is 16.1. The van der Waals surface area contributed by atoms with E-state index in [1.54, 1.807) is 11.8 Å². The molecule has 1 N–H and O–H groups in total. The third-order valence-corrected chi connectivity index (χ3v) is 6.81. The Kier molecular flexibility index (Phi) is 6.18. The van der Waals surface area contributed by atoms with Crippen LogP contribution in [0.4, 0.5) is 0 Å². The molecule has 0 atom stereocenters. The average molecular weight is 457 g/mol. The highest BCUT2D eigenvalue weighted by molar-refractivity contribution is 7.99. The van der Waals surface area contributed by atoms with E-state index < -0.39 is 0 Å². The lowest BCUT2D eigenvalue weighted by atomic mass is 10.1. The third-order valence-electron chi connectivity index (χ3n) is 5.82. The highest BCUT2D eigenvalue weighted by Gasteiger charge is 2.23. The first-order valence-electron chi connectivity index (χ1n) is 11.6. The molecule has 1 aliphatic carbocycles. The Labute approximate surface area is 198 Å². The zero-order valence-electron chi connectivity index (χ0n) is 19.0. The monoisotopic (exact) mass is 456 g/mol. The Morgan fingerprint density at radius 3 is 2.55 bits per heavy atom. The van der Waals surface area contributed by atoms with Crippen LogP contribution in [-0.4, -0.2) is 32.1 Å².